The second kappa shape index (κ2) is 5.35. The maximum atomic E-state index is 11.7. The van der Waals surface area contributed by atoms with Crippen LogP contribution < -0.4 is 0 Å². The molecule has 0 aromatic carbocycles. The Labute approximate surface area is 128 Å². The van der Waals surface area contributed by atoms with Crippen LogP contribution in [0.1, 0.15) is 0 Å². The van der Waals surface area contributed by atoms with Crippen molar-refractivity contribution in [2.24, 2.45) is 7.05 Å². The predicted molar refractivity (Wildman–Crippen MR) is 75.5 cm³/mol. The van der Waals surface area contributed by atoms with Gasteiger partial charge in [0.15, 0.2) is 11.3 Å². The van der Waals surface area contributed by atoms with Crippen LogP contribution >= 0.6 is 23.5 Å². The number of hydrogen-bond acceptors (Lipinski definition) is 7. The number of thioether (sulfide) groups is 2. The van der Waals surface area contributed by atoms with Crippen molar-refractivity contribution >= 4 is 35.4 Å². The third-order valence-electron chi connectivity index (χ3n) is 3.27. The van der Waals surface area contributed by atoms with Gasteiger partial charge in [0.2, 0.25) is 0 Å². The molecule has 112 valence electrons. The number of aliphatic hydroxyl groups excluding tert-OH is 1. The first kappa shape index (κ1) is 14.4. The van der Waals surface area contributed by atoms with E-state index in [4.69, 9.17) is 0 Å². The molecule has 1 amide bonds. The average molecular weight is 328 g/mol. The van der Waals surface area contributed by atoms with Gasteiger partial charge in [-0.2, -0.15) is 5.10 Å². The number of β-lactam (4-membered cyclic amide) rings is 1. The van der Waals surface area contributed by atoms with E-state index >= 15 is 0 Å². The van der Waals surface area contributed by atoms with Crippen molar-refractivity contribution in [3.8, 4) is 0 Å². The van der Waals surface area contributed by atoms with Crippen molar-refractivity contribution in [1.82, 2.24) is 19.7 Å². The minimum absolute atomic E-state index is 0.0104. The minimum atomic E-state index is -1.14. The van der Waals surface area contributed by atoms with Crippen LogP contribution in [0.2, 0.25) is 0 Å². The van der Waals surface area contributed by atoms with E-state index in [0.29, 0.717) is 22.2 Å². The summed E-state index contributed by atoms with van der Waals surface area (Å²) < 4.78 is 1.60. The van der Waals surface area contributed by atoms with Crippen molar-refractivity contribution < 1.29 is 19.8 Å². The fourth-order valence-electron chi connectivity index (χ4n) is 2.21. The zero-order valence-electron chi connectivity index (χ0n) is 11.0. The van der Waals surface area contributed by atoms with Crippen LogP contribution in [0, 0.1) is 0 Å². The summed E-state index contributed by atoms with van der Waals surface area (Å²) in [7, 11) is 1.75. The molecule has 0 aliphatic carbocycles. The summed E-state index contributed by atoms with van der Waals surface area (Å²) in [6, 6.07) is 0. The van der Waals surface area contributed by atoms with Crippen LogP contribution in [0.25, 0.3) is 0 Å². The second-order valence-electron chi connectivity index (χ2n) is 4.57. The summed E-state index contributed by atoms with van der Waals surface area (Å²) in [5.74, 6) is -0.814. The summed E-state index contributed by atoms with van der Waals surface area (Å²) >= 11 is 2.74. The Hall–Kier alpha value is -1.52. The van der Waals surface area contributed by atoms with Crippen LogP contribution in [0.5, 0.6) is 0 Å². The lowest BCUT2D eigenvalue weighted by atomic mass is 10.1. The number of carboxylic acids is 1. The fourth-order valence-corrected chi connectivity index (χ4v) is 4.50. The lowest BCUT2D eigenvalue weighted by Gasteiger charge is -2.47. The molecule has 1 aromatic heterocycles. The number of carboxylic acid groups (broad SMARTS) is 1. The largest absolute Gasteiger partial charge is 0.477 e. The van der Waals surface area contributed by atoms with Gasteiger partial charge < -0.3 is 10.2 Å². The monoisotopic (exact) mass is 328 g/mol. The standard InChI is InChI=1S/C11H12N4O4S2/c1-14-11(12-4-13-14)21-3-5-2-20-9-7(16)8(17)15(9)6(5)10(18)19/h4,7,9,16H,2-3H2,1H3,(H,18,19)/t7-,9-/m1/s1. The maximum absolute atomic E-state index is 11.7. The molecule has 0 spiro atoms. The van der Waals surface area contributed by atoms with E-state index in [9.17, 15) is 19.8 Å². The van der Waals surface area contributed by atoms with Crippen LogP contribution in [-0.2, 0) is 16.6 Å². The third-order valence-corrected chi connectivity index (χ3v) is 5.71. The van der Waals surface area contributed by atoms with Crippen LogP contribution in [0.3, 0.4) is 0 Å². The molecule has 0 saturated carbocycles. The first-order valence-electron chi connectivity index (χ1n) is 6.05. The van der Waals surface area contributed by atoms with Gasteiger partial charge in [0.1, 0.15) is 17.4 Å². The van der Waals surface area contributed by atoms with Gasteiger partial charge in [-0.3, -0.25) is 9.69 Å². The van der Waals surface area contributed by atoms with Crippen LogP contribution in [-0.4, -0.2) is 64.7 Å². The molecule has 2 atom stereocenters. The molecule has 3 rings (SSSR count). The van der Waals surface area contributed by atoms with Crippen molar-refractivity contribution in [1.29, 1.82) is 0 Å². The van der Waals surface area contributed by atoms with E-state index in [0.717, 1.165) is 0 Å². The first-order valence-corrected chi connectivity index (χ1v) is 8.09. The van der Waals surface area contributed by atoms with E-state index in [-0.39, 0.29) is 5.70 Å². The van der Waals surface area contributed by atoms with Gasteiger partial charge in [0.05, 0.1) is 0 Å². The molecule has 3 heterocycles. The maximum Gasteiger partial charge on any atom is 0.352 e. The quantitative estimate of drug-likeness (QED) is 0.564. The van der Waals surface area contributed by atoms with E-state index in [1.54, 1.807) is 11.7 Å². The average Bonchev–Trinajstić information content (AvgIpc) is 2.88. The lowest BCUT2D eigenvalue weighted by Crippen LogP contribution is -2.64. The van der Waals surface area contributed by atoms with Gasteiger partial charge in [0, 0.05) is 18.6 Å². The van der Waals surface area contributed by atoms with Crippen molar-refractivity contribution in [3.05, 3.63) is 17.6 Å². The Kier molecular flexibility index (Phi) is 3.68. The molecule has 1 aromatic rings. The molecular formula is C11H12N4O4S2. The predicted octanol–water partition coefficient (Wildman–Crippen LogP) is -0.478. The summed E-state index contributed by atoms with van der Waals surface area (Å²) in [5, 5.41) is 23.1. The molecule has 10 heteroatoms. The summed E-state index contributed by atoms with van der Waals surface area (Å²) in [4.78, 5) is 28.4. The van der Waals surface area contributed by atoms with Crippen molar-refractivity contribution in [2.45, 2.75) is 16.6 Å². The minimum Gasteiger partial charge on any atom is -0.477 e. The molecule has 1 fully saturated rings. The number of nitrogens with zero attached hydrogens (tertiary/aromatic N) is 4. The van der Waals surface area contributed by atoms with E-state index in [1.807, 2.05) is 0 Å². The molecule has 2 aliphatic rings. The van der Waals surface area contributed by atoms with Gasteiger partial charge in [-0.05, 0) is 5.57 Å². The zero-order chi connectivity index (χ0) is 15.1. The highest BCUT2D eigenvalue weighted by Gasteiger charge is 2.52. The smallest absolute Gasteiger partial charge is 0.352 e. The number of carbonyl (C=O) groups excluding carboxylic acids is 1. The summed E-state index contributed by atoms with van der Waals surface area (Å²) in [6.07, 6.45) is 0.327. The number of aryl methyl sites for hydroxylation is 1. The van der Waals surface area contributed by atoms with E-state index in [1.165, 1.54) is 34.8 Å². The highest BCUT2D eigenvalue weighted by Crippen LogP contribution is 2.41. The number of aliphatic hydroxyl groups is 1. The number of fused-ring (bicyclic) bond motifs is 1. The van der Waals surface area contributed by atoms with Gasteiger partial charge in [-0.1, -0.05) is 11.8 Å². The molecule has 1 saturated heterocycles. The lowest BCUT2D eigenvalue weighted by molar-refractivity contribution is -0.159. The number of aromatic nitrogens is 3. The topological polar surface area (TPSA) is 109 Å². The number of carbonyl (C=O) groups is 2. The normalized spacial score (nSPS) is 24.9. The van der Waals surface area contributed by atoms with Gasteiger partial charge in [-0.15, -0.1) is 11.8 Å². The van der Waals surface area contributed by atoms with Gasteiger partial charge in [0.25, 0.3) is 5.91 Å². The van der Waals surface area contributed by atoms with E-state index < -0.39 is 23.4 Å². The van der Waals surface area contributed by atoms with Gasteiger partial charge in [-0.25, -0.2) is 14.5 Å². The Balaban J connectivity index is 1.83. The second-order valence-corrected chi connectivity index (χ2v) is 6.61. The first-order chi connectivity index (χ1) is 10.0. The number of aliphatic carboxylic acids is 1. The molecule has 0 unspecified atom stereocenters. The molecule has 2 aliphatic heterocycles. The molecule has 8 nitrogen and oxygen atoms in total. The molecular weight excluding hydrogens is 316 g/mol. The SMILES string of the molecule is Cn1ncnc1SCC1=C(C(=O)O)N2C(=O)[C@@H](O)[C@H]2SC1. The van der Waals surface area contributed by atoms with Crippen LogP contribution in [0.4, 0.5) is 0 Å². The third kappa shape index (κ3) is 2.32. The fraction of sp³-hybridized carbons (Fsp3) is 0.455. The Bertz CT molecular complexity index is 644. The number of amides is 1. The zero-order valence-corrected chi connectivity index (χ0v) is 12.6. The summed E-state index contributed by atoms with van der Waals surface area (Å²) in [5.41, 5.74) is 0.640. The Morgan fingerprint density at radius 2 is 2.38 bits per heavy atom. The van der Waals surface area contributed by atoms with Crippen molar-refractivity contribution in [2.75, 3.05) is 11.5 Å². The number of hydrogen-bond donors (Lipinski definition) is 2. The Morgan fingerprint density at radius 1 is 1.62 bits per heavy atom. The van der Waals surface area contributed by atoms with E-state index in [2.05, 4.69) is 10.1 Å². The molecule has 0 bridgehead atoms. The molecule has 0 radical (unpaired) electrons. The molecule has 21 heavy (non-hydrogen) atoms. The highest BCUT2D eigenvalue weighted by atomic mass is 32.2. The molecule has 2 N–H and O–H groups in total. The Morgan fingerprint density at radius 3 is 3.00 bits per heavy atom. The number of rotatable bonds is 4. The van der Waals surface area contributed by atoms with Gasteiger partial charge >= 0.3 is 5.97 Å². The summed E-state index contributed by atoms with van der Waals surface area (Å²) in [6.45, 7) is 0. The van der Waals surface area contributed by atoms with Crippen molar-refractivity contribution in [3.63, 3.8) is 0 Å². The van der Waals surface area contributed by atoms with Crippen LogP contribution in [0.15, 0.2) is 22.8 Å². The highest BCUT2D eigenvalue weighted by molar-refractivity contribution is 8.01.